The molecule has 0 bridgehead atoms. The van der Waals surface area contributed by atoms with Gasteiger partial charge in [0.25, 0.3) is 5.69 Å². The van der Waals surface area contributed by atoms with Crippen molar-refractivity contribution < 1.29 is 4.92 Å². The van der Waals surface area contributed by atoms with Crippen LogP contribution < -0.4 is 5.32 Å². The summed E-state index contributed by atoms with van der Waals surface area (Å²) in [5, 5.41) is 15.1. The number of nitrogens with one attached hydrogen (secondary N) is 1. The lowest BCUT2D eigenvalue weighted by atomic mass is 10.1. The normalized spacial score (nSPS) is 23.7. The van der Waals surface area contributed by atoms with E-state index in [9.17, 15) is 10.1 Å². The molecule has 0 aliphatic carbocycles. The Bertz CT molecular complexity index is 456. The molecule has 1 aromatic carbocycles. The highest BCUT2D eigenvalue weighted by molar-refractivity contribution is 8.00. The van der Waals surface area contributed by atoms with Gasteiger partial charge in [0.1, 0.15) is 0 Å². The van der Waals surface area contributed by atoms with Crippen molar-refractivity contribution in [1.29, 1.82) is 0 Å². The molecule has 1 N–H and O–H groups in total. The lowest BCUT2D eigenvalue weighted by Gasteiger charge is -2.30. The van der Waals surface area contributed by atoms with Crippen LogP contribution in [-0.2, 0) is 0 Å². The van der Waals surface area contributed by atoms with Gasteiger partial charge < -0.3 is 5.32 Å². The summed E-state index contributed by atoms with van der Waals surface area (Å²) in [6.45, 7) is 2.17. The summed E-state index contributed by atoms with van der Waals surface area (Å²) in [6, 6.07) is 4.83. The maximum Gasteiger partial charge on any atom is 0.271 e. The van der Waals surface area contributed by atoms with E-state index < -0.39 is 4.92 Å². The van der Waals surface area contributed by atoms with Crippen LogP contribution in [0.5, 0.6) is 0 Å². The van der Waals surface area contributed by atoms with Crippen molar-refractivity contribution in [3.63, 3.8) is 0 Å². The Hall–Kier alpha value is -0.940. The number of hydrogen-bond donors (Lipinski definition) is 1. The molecule has 2 rings (SSSR count). The second kappa shape index (κ2) is 5.80. The Morgan fingerprint density at radius 2 is 2.33 bits per heavy atom. The molecule has 6 heteroatoms. The highest BCUT2D eigenvalue weighted by atomic mass is 35.5. The molecule has 0 radical (unpaired) electrons. The Kier molecular flexibility index (Phi) is 4.35. The van der Waals surface area contributed by atoms with E-state index in [2.05, 4.69) is 12.2 Å². The molecule has 1 fully saturated rings. The number of nitrogens with zero attached hydrogens (tertiary/aromatic N) is 1. The van der Waals surface area contributed by atoms with E-state index in [0.29, 0.717) is 22.0 Å². The molecule has 1 aromatic rings. The first-order valence-corrected chi connectivity index (χ1v) is 7.32. The lowest BCUT2D eigenvalue weighted by Crippen LogP contribution is -2.32. The number of hydrogen-bond acceptors (Lipinski definition) is 4. The van der Waals surface area contributed by atoms with Gasteiger partial charge in [0.2, 0.25) is 0 Å². The molecule has 4 nitrogen and oxygen atoms in total. The van der Waals surface area contributed by atoms with E-state index in [1.165, 1.54) is 24.3 Å². The zero-order valence-electron chi connectivity index (χ0n) is 10.1. The molecule has 98 valence electrons. The highest BCUT2D eigenvalue weighted by Crippen LogP contribution is 2.32. The van der Waals surface area contributed by atoms with Crippen LogP contribution in [0.4, 0.5) is 11.4 Å². The molecule has 0 saturated carbocycles. The van der Waals surface area contributed by atoms with Gasteiger partial charge in [-0.05, 0) is 24.7 Å². The van der Waals surface area contributed by atoms with Gasteiger partial charge in [0.05, 0.1) is 15.6 Å². The first-order chi connectivity index (χ1) is 8.58. The fraction of sp³-hybridized carbons (Fsp3) is 0.500. The highest BCUT2D eigenvalue weighted by Gasteiger charge is 2.22. The number of anilines is 1. The number of halogens is 1. The molecule has 1 saturated heterocycles. The molecule has 18 heavy (non-hydrogen) atoms. The minimum absolute atomic E-state index is 0.0676. The van der Waals surface area contributed by atoms with Crippen molar-refractivity contribution in [2.75, 3.05) is 11.1 Å². The molecule has 1 aliphatic heterocycles. The minimum atomic E-state index is -0.402. The van der Waals surface area contributed by atoms with Crippen LogP contribution in [0.15, 0.2) is 18.2 Å². The zero-order valence-corrected chi connectivity index (χ0v) is 11.6. The van der Waals surface area contributed by atoms with Crippen molar-refractivity contribution in [3.05, 3.63) is 33.3 Å². The van der Waals surface area contributed by atoms with E-state index in [-0.39, 0.29) is 5.69 Å². The van der Waals surface area contributed by atoms with Crippen LogP contribution in [-0.4, -0.2) is 22.0 Å². The third-order valence-electron chi connectivity index (χ3n) is 3.11. The fourth-order valence-electron chi connectivity index (χ4n) is 2.05. The first kappa shape index (κ1) is 13.5. The van der Waals surface area contributed by atoms with Crippen LogP contribution in [0.1, 0.15) is 19.8 Å². The minimum Gasteiger partial charge on any atom is -0.380 e. The molecular weight excluding hydrogens is 272 g/mol. The smallest absolute Gasteiger partial charge is 0.271 e. The Morgan fingerprint density at radius 3 is 3.00 bits per heavy atom. The van der Waals surface area contributed by atoms with Crippen LogP contribution >= 0.6 is 23.4 Å². The molecular formula is C12H15ClN2O2S. The number of thioether (sulfide) groups is 1. The average Bonchev–Trinajstić information content (AvgIpc) is 2.34. The Morgan fingerprint density at radius 1 is 1.56 bits per heavy atom. The Labute approximate surface area is 115 Å². The number of nitro groups is 1. The van der Waals surface area contributed by atoms with E-state index in [4.69, 9.17) is 11.6 Å². The van der Waals surface area contributed by atoms with Crippen LogP contribution in [0.3, 0.4) is 0 Å². The van der Waals surface area contributed by atoms with Gasteiger partial charge in [0, 0.05) is 23.4 Å². The summed E-state index contributed by atoms with van der Waals surface area (Å²) in [6.07, 6.45) is 2.24. The summed E-state index contributed by atoms with van der Waals surface area (Å²) in [5.74, 6) is 1.18. The van der Waals surface area contributed by atoms with E-state index >= 15 is 0 Å². The maximum atomic E-state index is 10.8. The molecule has 0 aromatic heterocycles. The number of non-ortho nitro benzene ring substituents is 1. The zero-order chi connectivity index (χ0) is 13.1. The summed E-state index contributed by atoms with van der Waals surface area (Å²) < 4.78 is 0. The van der Waals surface area contributed by atoms with Gasteiger partial charge >= 0.3 is 0 Å². The third kappa shape index (κ3) is 3.09. The largest absolute Gasteiger partial charge is 0.380 e. The molecule has 0 spiro atoms. The topological polar surface area (TPSA) is 55.2 Å². The fourth-order valence-corrected chi connectivity index (χ4v) is 3.36. The summed E-state index contributed by atoms with van der Waals surface area (Å²) in [4.78, 5) is 10.3. The standard InChI is InChI=1S/C12H15ClN2O2S/c1-8-11(3-2-6-18-8)14-12-7-9(15(16)17)4-5-10(12)13/h4-5,7-8,11,14H,2-3,6H2,1H3. The number of benzene rings is 1. The first-order valence-electron chi connectivity index (χ1n) is 5.90. The number of nitro benzene ring substituents is 1. The summed E-state index contributed by atoms with van der Waals surface area (Å²) >= 11 is 8.00. The SMILES string of the molecule is CC1SCCCC1Nc1cc([N+](=O)[O-])ccc1Cl. The van der Waals surface area contributed by atoms with Crippen molar-refractivity contribution >= 4 is 34.7 Å². The molecule has 1 heterocycles. The maximum absolute atomic E-state index is 10.8. The Balaban J connectivity index is 2.17. The lowest BCUT2D eigenvalue weighted by molar-refractivity contribution is -0.384. The third-order valence-corrected chi connectivity index (χ3v) is 4.82. The van der Waals surface area contributed by atoms with Crippen molar-refractivity contribution in [2.24, 2.45) is 0 Å². The molecule has 2 atom stereocenters. The van der Waals surface area contributed by atoms with Gasteiger partial charge in [-0.25, -0.2) is 0 Å². The second-order valence-electron chi connectivity index (χ2n) is 4.39. The van der Waals surface area contributed by atoms with Crippen molar-refractivity contribution in [3.8, 4) is 0 Å². The van der Waals surface area contributed by atoms with Gasteiger partial charge in [-0.1, -0.05) is 18.5 Å². The second-order valence-corrected chi connectivity index (χ2v) is 6.28. The quantitative estimate of drug-likeness (QED) is 0.675. The van der Waals surface area contributed by atoms with E-state index in [1.807, 2.05) is 11.8 Å². The monoisotopic (exact) mass is 286 g/mol. The van der Waals surface area contributed by atoms with Crippen molar-refractivity contribution in [1.82, 2.24) is 0 Å². The van der Waals surface area contributed by atoms with Gasteiger partial charge in [-0.15, -0.1) is 0 Å². The van der Waals surface area contributed by atoms with E-state index in [1.54, 1.807) is 6.07 Å². The summed E-state index contributed by atoms with van der Waals surface area (Å²) in [7, 11) is 0. The van der Waals surface area contributed by atoms with Crippen LogP contribution in [0.2, 0.25) is 5.02 Å². The van der Waals surface area contributed by atoms with Crippen molar-refractivity contribution in [2.45, 2.75) is 31.1 Å². The summed E-state index contributed by atoms with van der Waals surface area (Å²) in [5.41, 5.74) is 0.725. The molecule has 0 amide bonds. The van der Waals surface area contributed by atoms with Crippen LogP contribution in [0.25, 0.3) is 0 Å². The van der Waals surface area contributed by atoms with Gasteiger partial charge in [-0.3, -0.25) is 10.1 Å². The van der Waals surface area contributed by atoms with E-state index in [0.717, 1.165) is 6.42 Å². The van der Waals surface area contributed by atoms with Gasteiger partial charge in [0.15, 0.2) is 0 Å². The average molecular weight is 287 g/mol. The van der Waals surface area contributed by atoms with Gasteiger partial charge in [-0.2, -0.15) is 11.8 Å². The number of rotatable bonds is 3. The molecule has 2 unspecified atom stereocenters. The predicted octanol–water partition coefficient (Wildman–Crippen LogP) is 3.94. The molecule has 1 aliphatic rings. The predicted molar refractivity (Wildman–Crippen MR) is 76.7 cm³/mol. The van der Waals surface area contributed by atoms with Crippen LogP contribution in [0, 0.1) is 10.1 Å².